The number of rotatable bonds is 3. The molecule has 8 nitrogen and oxygen atoms in total. The van der Waals surface area contributed by atoms with Crippen LogP contribution in [0.3, 0.4) is 0 Å². The number of fused-ring (bicyclic) bond motifs is 5. The minimum Gasteiger partial charge on any atom is -0.434 e. The number of H-pyrrole nitrogens is 1. The van der Waals surface area contributed by atoms with E-state index in [1.807, 2.05) is 0 Å². The largest absolute Gasteiger partial charge is 0.434 e. The number of nitrogens with one attached hydrogen (secondary N) is 2. The van der Waals surface area contributed by atoms with Crippen molar-refractivity contribution >= 4 is 5.91 Å². The number of hydrogen-bond donors (Lipinski definition) is 3. The van der Waals surface area contributed by atoms with Gasteiger partial charge in [0, 0.05) is 36.5 Å². The van der Waals surface area contributed by atoms with Crippen LogP contribution < -0.4 is 10.1 Å². The Morgan fingerprint density at radius 1 is 1.24 bits per heavy atom. The van der Waals surface area contributed by atoms with Crippen LogP contribution in [0.5, 0.6) is 11.6 Å². The maximum absolute atomic E-state index is 15.5. The number of aliphatic hydroxyl groups excluding tert-OH is 1. The van der Waals surface area contributed by atoms with Gasteiger partial charge in [0.25, 0.3) is 11.8 Å². The van der Waals surface area contributed by atoms with Gasteiger partial charge in [0.2, 0.25) is 0 Å². The Morgan fingerprint density at radius 3 is 2.93 bits per heavy atom. The molecular weight excluding hydrogens is 377 g/mol. The Bertz CT molecular complexity index is 1160. The van der Waals surface area contributed by atoms with Crippen LogP contribution in [0.1, 0.15) is 38.6 Å². The van der Waals surface area contributed by atoms with Gasteiger partial charge >= 0.3 is 0 Å². The van der Waals surface area contributed by atoms with Gasteiger partial charge in [0.1, 0.15) is 5.69 Å². The number of ether oxygens (including phenoxy) is 1. The average molecular weight is 395 g/mol. The average Bonchev–Trinajstić information content (AvgIpc) is 3.10. The van der Waals surface area contributed by atoms with E-state index in [2.05, 4.69) is 25.5 Å². The van der Waals surface area contributed by atoms with Gasteiger partial charge in [-0.3, -0.25) is 4.79 Å². The van der Waals surface area contributed by atoms with Gasteiger partial charge in [-0.05, 0) is 30.9 Å². The summed E-state index contributed by atoms with van der Waals surface area (Å²) < 4.78 is 21.2. The zero-order valence-corrected chi connectivity index (χ0v) is 15.7. The number of pyridine rings is 1. The van der Waals surface area contributed by atoms with Crippen molar-refractivity contribution in [2.45, 2.75) is 32.8 Å². The van der Waals surface area contributed by atoms with E-state index in [4.69, 9.17) is 4.74 Å². The zero-order valence-electron chi connectivity index (χ0n) is 15.7. The fourth-order valence-corrected chi connectivity index (χ4v) is 4.00. The molecule has 1 aliphatic carbocycles. The van der Waals surface area contributed by atoms with E-state index < -0.39 is 12.4 Å². The molecule has 3 N–H and O–H groups in total. The molecule has 0 unspecified atom stereocenters. The van der Waals surface area contributed by atoms with Crippen molar-refractivity contribution in [3.8, 4) is 22.9 Å². The lowest BCUT2D eigenvalue weighted by Gasteiger charge is -2.19. The molecule has 0 fully saturated rings. The second-order valence-corrected chi connectivity index (χ2v) is 7.17. The minimum atomic E-state index is -0.610. The van der Waals surface area contributed by atoms with Crippen LogP contribution in [0.25, 0.3) is 11.3 Å². The summed E-state index contributed by atoms with van der Waals surface area (Å²) in [7, 11) is 0. The molecule has 0 aromatic carbocycles. The normalized spacial score (nSPS) is 14.7. The molecule has 148 valence electrons. The van der Waals surface area contributed by atoms with E-state index in [1.165, 1.54) is 0 Å². The Morgan fingerprint density at radius 2 is 2.10 bits per heavy atom. The van der Waals surface area contributed by atoms with Crippen LogP contribution in [0.4, 0.5) is 4.39 Å². The number of halogens is 1. The summed E-state index contributed by atoms with van der Waals surface area (Å²) in [5.41, 5.74) is 4.82. The van der Waals surface area contributed by atoms with E-state index in [1.54, 1.807) is 19.2 Å². The summed E-state index contributed by atoms with van der Waals surface area (Å²) in [6.07, 6.45) is 3.50. The summed E-state index contributed by atoms with van der Waals surface area (Å²) in [4.78, 5) is 19.7. The summed E-state index contributed by atoms with van der Waals surface area (Å²) in [5.74, 6) is -0.742. The third-order valence-corrected chi connectivity index (χ3v) is 5.34. The summed E-state index contributed by atoms with van der Waals surface area (Å²) >= 11 is 0. The molecule has 4 heterocycles. The van der Waals surface area contributed by atoms with E-state index in [9.17, 15) is 9.90 Å². The second-order valence-electron chi connectivity index (χ2n) is 7.17. The minimum absolute atomic E-state index is 0.121. The van der Waals surface area contributed by atoms with Gasteiger partial charge in [0.05, 0.1) is 23.6 Å². The third-order valence-electron chi connectivity index (χ3n) is 5.34. The highest BCUT2D eigenvalue weighted by molar-refractivity contribution is 6.00. The summed E-state index contributed by atoms with van der Waals surface area (Å²) in [6, 6.07) is 1.57. The molecule has 29 heavy (non-hydrogen) atoms. The summed E-state index contributed by atoms with van der Waals surface area (Å²) in [6.45, 7) is 1.89. The SMILES string of the molecule is Cc1cc(Oc2ncc3c(c2F)-c2[nH]c4c(c2CC3)C(=O)NCC4)c(CO)nn1. The first-order valence-electron chi connectivity index (χ1n) is 9.38. The molecule has 2 aliphatic rings. The maximum Gasteiger partial charge on any atom is 0.256 e. The first kappa shape index (κ1) is 17.7. The maximum atomic E-state index is 15.5. The molecule has 3 aromatic heterocycles. The molecule has 1 amide bonds. The smallest absolute Gasteiger partial charge is 0.256 e. The van der Waals surface area contributed by atoms with Gasteiger partial charge in [0.15, 0.2) is 11.6 Å². The van der Waals surface area contributed by atoms with Crippen molar-refractivity contribution in [3.05, 3.63) is 51.9 Å². The molecule has 0 atom stereocenters. The molecule has 0 bridgehead atoms. The molecule has 1 aliphatic heterocycles. The summed E-state index contributed by atoms with van der Waals surface area (Å²) in [5, 5.41) is 20.1. The van der Waals surface area contributed by atoms with Crippen molar-refractivity contribution in [1.82, 2.24) is 25.5 Å². The highest BCUT2D eigenvalue weighted by atomic mass is 19.1. The lowest BCUT2D eigenvalue weighted by atomic mass is 9.88. The van der Waals surface area contributed by atoms with Crippen LogP contribution in [-0.2, 0) is 25.9 Å². The molecule has 0 saturated carbocycles. The van der Waals surface area contributed by atoms with Crippen molar-refractivity contribution in [1.29, 1.82) is 0 Å². The highest BCUT2D eigenvalue weighted by Gasteiger charge is 2.32. The Kier molecular flexibility index (Phi) is 4.06. The number of aryl methyl sites for hydroxylation is 2. The number of aromatic amines is 1. The zero-order chi connectivity index (χ0) is 20.1. The van der Waals surface area contributed by atoms with Gasteiger partial charge in [-0.25, -0.2) is 9.37 Å². The van der Waals surface area contributed by atoms with Crippen molar-refractivity contribution in [3.63, 3.8) is 0 Å². The van der Waals surface area contributed by atoms with Crippen molar-refractivity contribution < 1.29 is 19.0 Å². The predicted molar refractivity (Wildman–Crippen MR) is 100 cm³/mol. The lowest BCUT2D eigenvalue weighted by Crippen LogP contribution is -2.32. The lowest BCUT2D eigenvalue weighted by molar-refractivity contribution is 0.0945. The Hall–Kier alpha value is -3.33. The van der Waals surface area contributed by atoms with Crippen LogP contribution >= 0.6 is 0 Å². The molecule has 3 aromatic rings. The van der Waals surface area contributed by atoms with E-state index in [-0.39, 0.29) is 23.2 Å². The van der Waals surface area contributed by atoms with E-state index >= 15 is 4.39 Å². The highest BCUT2D eigenvalue weighted by Crippen LogP contribution is 2.41. The molecular formula is C20H18FN5O3. The van der Waals surface area contributed by atoms with Crippen LogP contribution in [0.15, 0.2) is 12.3 Å². The molecule has 0 spiro atoms. The third kappa shape index (κ3) is 2.77. The standard InChI is InChI=1S/C20H18FN5O3/c1-9-6-14(13(8-27)26-25-9)29-20-17(21)15-10(7-23-20)2-3-11-16-12(24-18(11)15)4-5-22-19(16)28/h6-7,24,27H,2-5,8H2,1H3,(H,22,28). The van der Waals surface area contributed by atoms with Crippen molar-refractivity contribution in [2.24, 2.45) is 0 Å². The fourth-order valence-electron chi connectivity index (χ4n) is 4.00. The van der Waals surface area contributed by atoms with Crippen LogP contribution in [0.2, 0.25) is 0 Å². The number of aliphatic hydroxyl groups is 1. The molecule has 9 heteroatoms. The number of amides is 1. The van der Waals surface area contributed by atoms with Gasteiger partial charge in [-0.2, -0.15) is 5.10 Å². The van der Waals surface area contributed by atoms with Gasteiger partial charge in [-0.1, -0.05) is 0 Å². The van der Waals surface area contributed by atoms with Crippen LogP contribution in [-0.4, -0.2) is 37.7 Å². The van der Waals surface area contributed by atoms with Crippen molar-refractivity contribution in [2.75, 3.05) is 6.54 Å². The van der Waals surface area contributed by atoms with Gasteiger partial charge in [-0.15, -0.1) is 5.10 Å². The number of hydrogen-bond acceptors (Lipinski definition) is 6. The quantitative estimate of drug-likeness (QED) is 0.625. The number of aromatic nitrogens is 4. The number of carbonyl (C=O) groups is 1. The molecule has 0 saturated heterocycles. The molecule has 0 radical (unpaired) electrons. The molecule has 5 rings (SSSR count). The first-order chi connectivity index (χ1) is 14.1. The van der Waals surface area contributed by atoms with E-state index in [0.29, 0.717) is 48.3 Å². The second kappa shape index (κ2) is 6.63. The Balaban J connectivity index is 1.62. The monoisotopic (exact) mass is 395 g/mol. The van der Waals surface area contributed by atoms with Gasteiger partial charge < -0.3 is 20.1 Å². The predicted octanol–water partition coefficient (Wildman–Crippen LogP) is 1.98. The fraction of sp³-hybridized carbons (Fsp3) is 0.300. The Labute approximate surface area is 165 Å². The first-order valence-corrected chi connectivity index (χ1v) is 9.38. The number of carbonyl (C=O) groups excluding carboxylic acids is 1. The topological polar surface area (TPSA) is 113 Å². The van der Waals surface area contributed by atoms with E-state index in [0.717, 1.165) is 16.8 Å². The van der Waals surface area contributed by atoms with Crippen LogP contribution in [0, 0.1) is 12.7 Å². The number of nitrogens with zero attached hydrogens (tertiary/aromatic N) is 3.